The summed E-state index contributed by atoms with van der Waals surface area (Å²) in [7, 11) is 0. The maximum atomic E-state index is 10.7. The minimum Gasteiger partial charge on any atom is -0.664 e. The van der Waals surface area contributed by atoms with E-state index in [2.05, 4.69) is 21.7 Å². The van der Waals surface area contributed by atoms with Crippen LogP contribution < -0.4 is 10.6 Å². The number of amidine groups is 1. The highest BCUT2D eigenvalue weighted by Gasteiger charge is 2.26. The fourth-order valence-electron chi connectivity index (χ4n) is 1.84. The SMILES string of the molecule is C=C(C[N+]1=C(C)N(CCNC(C)=O)CC1)O[O-]. The van der Waals surface area contributed by atoms with Gasteiger partial charge in [-0.05, 0) is 0 Å². The van der Waals surface area contributed by atoms with Crippen molar-refractivity contribution in [3.8, 4) is 0 Å². The van der Waals surface area contributed by atoms with Crippen LogP contribution >= 0.6 is 0 Å². The molecule has 96 valence electrons. The lowest BCUT2D eigenvalue weighted by atomic mass is 10.4. The van der Waals surface area contributed by atoms with E-state index in [4.69, 9.17) is 0 Å². The van der Waals surface area contributed by atoms with Gasteiger partial charge in [-0.2, -0.15) is 0 Å². The molecule has 0 bridgehead atoms. The van der Waals surface area contributed by atoms with Gasteiger partial charge in [0, 0.05) is 13.8 Å². The number of amides is 1. The number of carbonyl (C=O) groups excluding carboxylic acids is 1. The van der Waals surface area contributed by atoms with Crippen LogP contribution in [0.4, 0.5) is 0 Å². The Morgan fingerprint density at radius 2 is 2.41 bits per heavy atom. The number of hydrogen-bond donors (Lipinski definition) is 1. The molecule has 0 saturated carbocycles. The summed E-state index contributed by atoms with van der Waals surface area (Å²) in [5.41, 5.74) is 0. The number of carbonyl (C=O) groups is 1. The Kier molecular flexibility index (Phi) is 4.96. The van der Waals surface area contributed by atoms with Crippen molar-refractivity contribution in [2.45, 2.75) is 13.8 Å². The zero-order valence-electron chi connectivity index (χ0n) is 10.4. The van der Waals surface area contributed by atoms with Crippen molar-refractivity contribution in [1.29, 1.82) is 0 Å². The van der Waals surface area contributed by atoms with E-state index < -0.39 is 0 Å². The van der Waals surface area contributed by atoms with Gasteiger partial charge < -0.3 is 15.5 Å². The van der Waals surface area contributed by atoms with Gasteiger partial charge in [0.25, 0.3) is 0 Å². The summed E-state index contributed by atoms with van der Waals surface area (Å²) in [4.78, 5) is 16.7. The van der Waals surface area contributed by atoms with Crippen LogP contribution in [-0.4, -0.2) is 53.9 Å². The average Bonchev–Trinajstić information content (AvgIpc) is 2.61. The van der Waals surface area contributed by atoms with Crippen LogP contribution in [0.1, 0.15) is 13.8 Å². The first-order chi connectivity index (χ1) is 8.04. The molecule has 0 atom stereocenters. The Balaban J connectivity index is 2.44. The summed E-state index contributed by atoms with van der Waals surface area (Å²) < 4.78 is 2.04. The van der Waals surface area contributed by atoms with Gasteiger partial charge in [0.2, 0.25) is 11.7 Å². The normalized spacial score (nSPS) is 15.1. The van der Waals surface area contributed by atoms with Crippen LogP contribution in [0, 0.1) is 0 Å². The van der Waals surface area contributed by atoms with Crippen LogP contribution in [0.2, 0.25) is 0 Å². The van der Waals surface area contributed by atoms with Gasteiger partial charge in [0.1, 0.15) is 31.9 Å². The molecular formula is C11H19N3O3. The second-order valence-electron chi connectivity index (χ2n) is 4.06. The highest BCUT2D eigenvalue weighted by atomic mass is 17.1. The van der Waals surface area contributed by atoms with E-state index in [0.29, 0.717) is 13.1 Å². The molecular weight excluding hydrogens is 222 g/mol. The molecule has 0 aromatic rings. The lowest BCUT2D eigenvalue weighted by molar-refractivity contribution is -0.679. The van der Waals surface area contributed by atoms with E-state index in [0.717, 1.165) is 25.5 Å². The average molecular weight is 241 g/mol. The molecule has 0 fully saturated rings. The fraction of sp³-hybridized carbons (Fsp3) is 0.636. The van der Waals surface area contributed by atoms with Crippen LogP contribution in [-0.2, 0) is 9.68 Å². The first-order valence-corrected chi connectivity index (χ1v) is 5.60. The van der Waals surface area contributed by atoms with E-state index in [1.165, 1.54) is 6.92 Å². The van der Waals surface area contributed by atoms with Gasteiger partial charge in [-0.1, -0.05) is 6.58 Å². The van der Waals surface area contributed by atoms with Gasteiger partial charge in [0.15, 0.2) is 0 Å². The minimum absolute atomic E-state index is 0.0214. The Morgan fingerprint density at radius 1 is 1.71 bits per heavy atom. The number of nitrogens with zero attached hydrogens (tertiary/aromatic N) is 2. The van der Waals surface area contributed by atoms with Gasteiger partial charge in [-0.3, -0.25) is 14.3 Å². The quantitative estimate of drug-likeness (QED) is 0.271. The molecule has 6 nitrogen and oxygen atoms in total. The third-order valence-electron chi connectivity index (χ3n) is 2.80. The molecule has 1 rings (SSSR count). The zero-order chi connectivity index (χ0) is 12.8. The predicted molar refractivity (Wildman–Crippen MR) is 61.2 cm³/mol. The van der Waals surface area contributed by atoms with Crippen LogP contribution in [0.25, 0.3) is 0 Å². The Morgan fingerprint density at radius 3 is 3.00 bits per heavy atom. The maximum absolute atomic E-state index is 10.7. The summed E-state index contributed by atoms with van der Waals surface area (Å²) >= 11 is 0. The topological polar surface area (TPSA) is 67.6 Å². The summed E-state index contributed by atoms with van der Waals surface area (Å²) in [5.74, 6) is 1.27. The molecule has 0 aliphatic carbocycles. The molecule has 0 aromatic heterocycles. The molecule has 0 radical (unpaired) electrons. The molecule has 1 heterocycles. The van der Waals surface area contributed by atoms with Crippen molar-refractivity contribution in [3.05, 3.63) is 12.3 Å². The smallest absolute Gasteiger partial charge is 0.244 e. The lowest BCUT2D eigenvalue weighted by Gasteiger charge is -2.12. The molecule has 0 aromatic carbocycles. The minimum atomic E-state index is -0.0214. The van der Waals surface area contributed by atoms with Crippen LogP contribution in [0.15, 0.2) is 12.3 Å². The van der Waals surface area contributed by atoms with Gasteiger partial charge >= 0.3 is 0 Å². The number of rotatable bonds is 6. The molecule has 1 amide bonds. The van der Waals surface area contributed by atoms with Crippen molar-refractivity contribution in [2.24, 2.45) is 0 Å². The van der Waals surface area contributed by atoms with Crippen molar-refractivity contribution in [1.82, 2.24) is 10.2 Å². The first kappa shape index (κ1) is 13.5. The highest BCUT2D eigenvalue weighted by Crippen LogP contribution is 2.03. The van der Waals surface area contributed by atoms with Crippen molar-refractivity contribution < 1.29 is 19.5 Å². The molecule has 0 unspecified atom stereocenters. The van der Waals surface area contributed by atoms with E-state index in [-0.39, 0.29) is 11.7 Å². The van der Waals surface area contributed by atoms with Crippen molar-refractivity contribution in [3.63, 3.8) is 0 Å². The first-order valence-electron chi connectivity index (χ1n) is 5.60. The van der Waals surface area contributed by atoms with Gasteiger partial charge in [-0.25, -0.2) is 0 Å². The largest absolute Gasteiger partial charge is 0.664 e. The third kappa shape index (κ3) is 4.07. The standard InChI is InChI=1S/C11H19N3O3/c1-9(17-16)8-14-7-6-13(11(14)3)5-4-12-10(2)15/h1,4-8H2,2-3H3,(H-,12,15,16). The Labute approximate surface area is 101 Å². The van der Waals surface area contributed by atoms with Crippen LogP contribution in [0.3, 0.4) is 0 Å². The molecule has 1 N–H and O–H groups in total. The maximum Gasteiger partial charge on any atom is 0.244 e. The molecule has 1 aliphatic heterocycles. The van der Waals surface area contributed by atoms with Crippen LogP contribution in [0.5, 0.6) is 0 Å². The van der Waals surface area contributed by atoms with Crippen molar-refractivity contribution in [2.75, 3.05) is 32.7 Å². The van der Waals surface area contributed by atoms with E-state index in [1.54, 1.807) is 0 Å². The molecule has 0 spiro atoms. The van der Waals surface area contributed by atoms with Crippen molar-refractivity contribution >= 4 is 11.7 Å². The zero-order valence-corrected chi connectivity index (χ0v) is 10.4. The highest BCUT2D eigenvalue weighted by molar-refractivity contribution is 5.76. The summed E-state index contributed by atoms with van der Waals surface area (Å²) in [5, 5.41) is 12.9. The monoisotopic (exact) mass is 241 g/mol. The number of nitrogens with one attached hydrogen (secondary N) is 1. The molecule has 1 aliphatic rings. The Bertz CT molecular complexity index is 339. The Hall–Kier alpha value is -1.56. The lowest BCUT2D eigenvalue weighted by Crippen LogP contribution is -2.35. The second-order valence-corrected chi connectivity index (χ2v) is 4.06. The summed E-state index contributed by atoms with van der Waals surface area (Å²) in [6.07, 6.45) is 0. The predicted octanol–water partition coefficient (Wildman–Crippen LogP) is -1.33. The third-order valence-corrected chi connectivity index (χ3v) is 2.80. The van der Waals surface area contributed by atoms with E-state index in [1.807, 2.05) is 11.5 Å². The van der Waals surface area contributed by atoms with Gasteiger partial charge in [-0.15, -0.1) is 0 Å². The summed E-state index contributed by atoms with van der Waals surface area (Å²) in [6, 6.07) is 0. The number of hydrogen-bond acceptors (Lipinski definition) is 4. The fourth-order valence-corrected chi connectivity index (χ4v) is 1.84. The van der Waals surface area contributed by atoms with E-state index >= 15 is 0 Å². The molecule has 6 heteroatoms. The molecule has 0 saturated heterocycles. The molecule has 17 heavy (non-hydrogen) atoms. The second kappa shape index (κ2) is 6.24. The van der Waals surface area contributed by atoms with Gasteiger partial charge in [0.05, 0.1) is 6.54 Å². The van der Waals surface area contributed by atoms with E-state index in [9.17, 15) is 10.1 Å². The summed E-state index contributed by atoms with van der Waals surface area (Å²) in [6.45, 7) is 10.5.